The summed E-state index contributed by atoms with van der Waals surface area (Å²) in [5, 5.41) is 1.29. The van der Waals surface area contributed by atoms with E-state index in [0.717, 1.165) is 29.0 Å². The number of rotatable bonds is 1. The number of thioether (sulfide) groups is 1. The fourth-order valence-electron chi connectivity index (χ4n) is 1.82. The molecule has 1 N–H and O–H groups in total. The minimum atomic E-state index is 0.140. The van der Waals surface area contributed by atoms with Crippen molar-refractivity contribution in [2.75, 3.05) is 17.2 Å². The smallest absolute Gasteiger partial charge is 0.287 e. The maximum absolute atomic E-state index is 11.5. The lowest BCUT2D eigenvalue weighted by molar-refractivity contribution is 0.266. The Morgan fingerprint density at radius 2 is 2.20 bits per heavy atom. The second kappa shape index (κ2) is 3.31. The minimum absolute atomic E-state index is 0.140. The molecular formula is C11H10N2OS. The van der Waals surface area contributed by atoms with Crippen LogP contribution in [0.4, 0.5) is 10.6 Å². The van der Waals surface area contributed by atoms with E-state index in [-0.39, 0.29) is 5.24 Å². The maximum Gasteiger partial charge on any atom is 0.287 e. The van der Waals surface area contributed by atoms with Gasteiger partial charge in [-0.1, -0.05) is 30.0 Å². The number of fused-ring (bicyclic) bond motifs is 1. The molecule has 3 nitrogen and oxygen atoms in total. The Bertz CT molecular complexity index is 487. The van der Waals surface area contributed by atoms with Gasteiger partial charge in [0.05, 0.1) is 0 Å². The quantitative estimate of drug-likeness (QED) is 0.799. The molecule has 0 atom stereocenters. The van der Waals surface area contributed by atoms with Crippen LogP contribution in [-0.4, -0.2) is 22.5 Å². The molecule has 1 aliphatic rings. The molecule has 76 valence electrons. The molecule has 0 aliphatic carbocycles. The summed E-state index contributed by atoms with van der Waals surface area (Å²) in [4.78, 5) is 16.6. The SMILES string of the molecule is O=C1SCCN1c1cc2ccccc2[nH]1. The van der Waals surface area contributed by atoms with E-state index in [0.29, 0.717) is 0 Å². The first-order valence-electron chi connectivity index (χ1n) is 4.87. The van der Waals surface area contributed by atoms with E-state index in [1.54, 1.807) is 4.90 Å². The molecule has 1 aromatic heterocycles. The van der Waals surface area contributed by atoms with Crippen molar-refractivity contribution in [3.8, 4) is 0 Å². The average molecular weight is 218 g/mol. The molecule has 0 bridgehead atoms. The largest absolute Gasteiger partial charge is 0.341 e. The molecule has 0 radical (unpaired) electrons. The van der Waals surface area contributed by atoms with E-state index >= 15 is 0 Å². The van der Waals surface area contributed by atoms with E-state index in [4.69, 9.17) is 0 Å². The summed E-state index contributed by atoms with van der Waals surface area (Å²) >= 11 is 1.38. The van der Waals surface area contributed by atoms with Gasteiger partial charge in [0.1, 0.15) is 5.82 Å². The lowest BCUT2D eigenvalue weighted by atomic mass is 10.2. The standard InChI is InChI=1S/C11H10N2OS/c14-11-13(5-6-15-11)10-7-8-3-1-2-4-9(8)12-10/h1-4,7,12H,5-6H2. The van der Waals surface area contributed by atoms with Gasteiger partial charge in [-0.3, -0.25) is 9.69 Å². The Morgan fingerprint density at radius 1 is 1.33 bits per heavy atom. The molecule has 0 saturated carbocycles. The number of nitrogens with zero attached hydrogens (tertiary/aromatic N) is 1. The van der Waals surface area contributed by atoms with Crippen molar-refractivity contribution in [3.63, 3.8) is 0 Å². The lowest BCUT2D eigenvalue weighted by Crippen LogP contribution is -2.22. The normalized spacial score (nSPS) is 16.5. The highest BCUT2D eigenvalue weighted by Crippen LogP contribution is 2.27. The minimum Gasteiger partial charge on any atom is -0.341 e. The molecule has 0 unspecified atom stereocenters. The molecule has 4 heteroatoms. The number of benzene rings is 1. The summed E-state index contributed by atoms with van der Waals surface area (Å²) < 4.78 is 0. The highest BCUT2D eigenvalue weighted by molar-refractivity contribution is 8.14. The van der Waals surface area contributed by atoms with Gasteiger partial charge in [-0.15, -0.1) is 0 Å². The summed E-state index contributed by atoms with van der Waals surface area (Å²) in [7, 11) is 0. The van der Waals surface area contributed by atoms with Crippen LogP contribution >= 0.6 is 11.8 Å². The van der Waals surface area contributed by atoms with E-state index < -0.39 is 0 Å². The summed E-state index contributed by atoms with van der Waals surface area (Å²) in [5.41, 5.74) is 1.08. The number of para-hydroxylation sites is 1. The number of carbonyl (C=O) groups excluding carboxylic acids is 1. The molecular weight excluding hydrogens is 208 g/mol. The Labute approximate surface area is 91.5 Å². The van der Waals surface area contributed by atoms with Gasteiger partial charge in [0.2, 0.25) is 0 Å². The van der Waals surface area contributed by atoms with E-state index in [9.17, 15) is 4.79 Å². The van der Waals surface area contributed by atoms with Crippen LogP contribution in [0.2, 0.25) is 0 Å². The van der Waals surface area contributed by atoms with Gasteiger partial charge in [-0.2, -0.15) is 0 Å². The molecule has 3 rings (SSSR count). The van der Waals surface area contributed by atoms with Gasteiger partial charge in [0.15, 0.2) is 0 Å². The molecule has 1 aliphatic heterocycles. The highest BCUT2D eigenvalue weighted by atomic mass is 32.2. The van der Waals surface area contributed by atoms with Gasteiger partial charge in [-0.05, 0) is 12.1 Å². The van der Waals surface area contributed by atoms with Gasteiger partial charge >= 0.3 is 0 Å². The van der Waals surface area contributed by atoms with Crippen LogP contribution in [-0.2, 0) is 0 Å². The van der Waals surface area contributed by atoms with Crippen molar-refractivity contribution in [3.05, 3.63) is 30.3 Å². The van der Waals surface area contributed by atoms with Crippen LogP contribution in [0.25, 0.3) is 10.9 Å². The zero-order valence-electron chi connectivity index (χ0n) is 8.06. The molecule has 15 heavy (non-hydrogen) atoms. The Kier molecular flexibility index (Phi) is 1.95. The number of hydrogen-bond donors (Lipinski definition) is 1. The number of H-pyrrole nitrogens is 1. The monoisotopic (exact) mass is 218 g/mol. The van der Waals surface area contributed by atoms with Crippen LogP contribution in [0.15, 0.2) is 30.3 Å². The van der Waals surface area contributed by atoms with Crippen molar-refractivity contribution in [2.45, 2.75) is 0 Å². The fourth-order valence-corrected chi connectivity index (χ4v) is 2.61. The van der Waals surface area contributed by atoms with E-state index in [1.165, 1.54) is 11.8 Å². The number of nitrogens with one attached hydrogen (secondary N) is 1. The zero-order chi connectivity index (χ0) is 10.3. The van der Waals surface area contributed by atoms with Crippen molar-refractivity contribution in [1.82, 2.24) is 4.98 Å². The molecule has 1 amide bonds. The highest BCUT2D eigenvalue weighted by Gasteiger charge is 2.23. The average Bonchev–Trinajstić information content (AvgIpc) is 2.82. The van der Waals surface area contributed by atoms with Crippen LogP contribution in [0.3, 0.4) is 0 Å². The second-order valence-electron chi connectivity index (χ2n) is 3.51. The molecule has 1 fully saturated rings. The third-order valence-corrected chi connectivity index (χ3v) is 3.42. The Hall–Kier alpha value is -1.42. The van der Waals surface area contributed by atoms with Gasteiger partial charge in [0, 0.05) is 23.2 Å². The molecule has 0 spiro atoms. The van der Waals surface area contributed by atoms with Gasteiger partial charge in [0.25, 0.3) is 5.24 Å². The van der Waals surface area contributed by atoms with Crippen LogP contribution < -0.4 is 4.90 Å². The first kappa shape index (κ1) is 8.85. The fraction of sp³-hybridized carbons (Fsp3) is 0.182. The lowest BCUT2D eigenvalue weighted by Gasteiger charge is -2.10. The van der Waals surface area contributed by atoms with Gasteiger partial charge < -0.3 is 4.98 Å². The topological polar surface area (TPSA) is 36.1 Å². The van der Waals surface area contributed by atoms with Gasteiger partial charge in [-0.25, -0.2) is 0 Å². The van der Waals surface area contributed by atoms with Crippen molar-refractivity contribution in [1.29, 1.82) is 0 Å². The second-order valence-corrected chi connectivity index (χ2v) is 4.55. The summed E-state index contributed by atoms with van der Waals surface area (Å²) in [6.45, 7) is 0.802. The summed E-state index contributed by atoms with van der Waals surface area (Å²) in [5.74, 6) is 1.79. The van der Waals surface area contributed by atoms with E-state index in [1.807, 2.05) is 30.3 Å². The summed E-state index contributed by atoms with van der Waals surface area (Å²) in [6.07, 6.45) is 0. The zero-order valence-corrected chi connectivity index (χ0v) is 8.88. The number of carbonyl (C=O) groups is 1. The van der Waals surface area contributed by atoms with Crippen LogP contribution in [0, 0.1) is 0 Å². The Balaban J connectivity index is 2.08. The third-order valence-electron chi connectivity index (χ3n) is 2.57. The molecule has 1 saturated heterocycles. The predicted octanol–water partition coefficient (Wildman–Crippen LogP) is 2.84. The van der Waals surface area contributed by atoms with E-state index in [2.05, 4.69) is 4.98 Å². The third kappa shape index (κ3) is 1.41. The first-order chi connectivity index (χ1) is 7.34. The first-order valence-corrected chi connectivity index (χ1v) is 5.85. The number of hydrogen-bond acceptors (Lipinski definition) is 2. The van der Waals surface area contributed by atoms with Crippen molar-refractivity contribution < 1.29 is 4.79 Å². The number of amides is 1. The summed E-state index contributed by atoms with van der Waals surface area (Å²) in [6, 6.07) is 10.1. The number of aromatic nitrogens is 1. The van der Waals surface area contributed by atoms with Crippen molar-refractivity contribution >= 4 is 33.7 Å². The number of aromatic amines is 1. The van der Waals surface area contributed by atoms with Crippen molar-refractivity contribution in [2.24, 2.45) is 0 Å². The van der Waals surface area contributed by atoms with Crippen LogP contribution in [0.1, 0.15) is 0 Å². The van der Waals surface area contributed by atoms with Crippen LogP contribution in [0.5, 0.6) is 0 Å². The number of anilines is 1. The molecule has 2 heterocycles. The Morgan fingerprint density at radius 3 is 2.93 bits per heavy atom. The maximum atomic E-state index is 11.5. The predicted molar refractivity (Wildman–Crippen MR) is 63.5 cm³/mol. The molecule has 1 aromatic carbocycles. The molecule has 2 aromatic rings.